The van der Waals surface area contributed by atoms with Crippen LogP contribution in [0.5, 0.6) is 0 Å². The second-order valence-corrected chi connectivity index (χ2v) is 1.95. The van der Waals surface area contributed by atoms with Crippen LogP contribution < -0.4 is 0 Å². The monoisotopic (exact) mass is 171 g/mol. The molecule has 4 heteroatoms. The van der Waals surface area contributed by atoms with Crippen LogP contribution in [0.2, 0.25) is 0 Å². The lowest BCUT2D eigenvalue weighted by molar-refractivity contribution is 0.177. The van der Waals surface area contributed by atoms with Crippen LogP contribution in [0.3, 0.4) is 0 Å². The fraction of sp³-hybridized carbons (Fsp3) is 0.750. The van der Waals surface area contributed by atoms with E-state index in [4.69, 9.17) is 4.74 Å². The van der Waals surface area contributed by atoms with Crippen LogP contribution >= 0.6 is 0 Å². The average Bonchev–Trinajstić information content (AvgIpc) is 2.57. The highest BCUT2D eigenvalue weighted by Gasteiger charge is 1.96. The van der Waals surface area contributed by atoms with Gasteiger partial charge < -0.3 is 4.74 Å². The highest BCUT2D eigenvalue weighted by atomic mass is 16.5. The summed E-state index contributed by atoms with van der Waals surface area (Å²) in [4.78, 5) is 4.00. The number of hydrogen-bond acceptors (Lipinski definition) is 3. The lowest BCUT2D eigenvalue weighted by Gasteiger charge is -1.90. The van der Waals surface area contributed by atoms with E-state index < -0.39 is 0 Å². The van der Waals surface area contributed by atoms with Gasteiger partial charge in [0.2, 0.25) is 0 Å². The Morgan fingerprint density at radius 1 is 1.50 bits per heavy atom. The SMILES string of the molecule is CC.CCn1cnc(COC)n1. The molecule has 4 nitrogen and oxygen atoms in total. The molecule has 1 aromatic rings. The molecule has 0 aromatic carbocycles. The summed E-state index contributed by atoms with van der Waals surface area (Å²) < 4.78 is 6.62. The zero-order valence-electron chi connectivity index (χ0n) is 8.24. The average molecular weight is 171 g/mol. The van der Waals surface area contributed by atoms with E-state index in [1.807, 2.05) is 20.8 Å². The van der Waals surface area contributed by atoms with E-state index in [2.05, 4.69) is 10.1 Å². The van der Waals surface area contributed by atoms with Crippen LogP contribution in [0.15, 0.2) is 6.33 Å². The van der Waals surface area contributed by atoms with Gasteiger partial charge in [-0.15, -0.1) is 0 Å². The number of hydrogen-bond donors (Lipinski definition) is 0. The van der Waals surface area contributed by atoms with E-state index >= 15 is 0 Å². The molecule has 70 valence electrons. The first-order chi connectivity index (χ1) is 5.86. The minimum atomic E-state index is 0.493. The molecule has 0 radical (unpaired) electrons. The van der Waals surface area contributed by atoms with Crippen LogP contribution in [0.4, 0.5) is 0 Å². The number of methoxy groups -OCH3 is 1. The number of aromatic nitrogens is 3. The van der Waals surface area contributed by atoms with E-state index in [0.29, 0.717) is 6.61 Å². The number of nitrogens with zero attached hydrogens (tertiary/aromatic N) is 3. The molecule has 0 aliphatic heterocycles. The zero-order chi connectivity index (χ0) is 9.40. The van der Waals surface area contributed by atoms with E-state index in [9.17, 15) is 0 Å². The van der Waals surface area contributed by atoms with Gasteiger partial charge in [0, 0.05) is 13.7 Å². The third kappa shape index (κ3) is 3.48. The molecule has 0 aliphatic rings. The molecule has 1 aromatic heterocycles. The fourth-order valence-electron chi connectivity index (χ4n) is 0.681. The molecule has 0 saturated heterocycles. The van der Waals surface area contributed by atoms with E-state index in [1.165, 1.54) is 0 Å². The maximum absolute atomic E-state index is 4.85. The smallest absolute Gasteiger partial charge is 0.176 e. The maximum atomic E-state index is 4.85. The van der Waals surface area contributed by atoms with Crippen LogP contribution in [0.25, 0.3) is 0 Å². The van der Waals surface area contributed by atoms with Crippen molar-refractivity contribution in [3.8, 4) is 0 Å². The summed E-state index contributed by atoms with van der Waals surface area (Å²) in [7, 11) is 1.63. The van der Waals surface area contributed by atoms with Gasteiger partial charge in [0.25, 0.3) is 0 Å². The highest BCUT2D eigenvalue weighted by Crippen LogP contribution is 1.90. The standard InChI is InChI=1S/C6H11N3O.C2H6/c1-3-9-5-7-6(8-9)4-10-2;1-2/h5H,3-4H2,1-2H3;1-2H3. The van der Waals surface area contributed by atoms with Gasteiger partial charge in [0.15, 0.2) is 5.82 Å². The topological polar surface area (TPSA) is 39.9 Å². The quantitative estimate of drug-likeness (QED) is 0.691. The second-order valence-electron chi connectivity index (χ2n) is 1.95. The molecule has 0 amide bonds. The predicted molar refractivity (Wildman–Crippen MR) is 47.8 cm³/mol. The van der Waals surface area contributed by atoms with Gasteiger partial charge in [0.05, 0.1) is 0 Å². The summed E-state index contributed by atoms with van der Waals surface area (Å²) in [6.45, 7) is 7.37. The fourth-order valence-corrected chi connectivity index (χ4v) is 0.681. The van der Waals surface area contributed by atoms with Gasteiger partial charge >= 0.3 is 0 Å². The van der Waals surface area contributed by atoms with E-state index in [1.54, 1.807) is 18.1 Å². The summed E-state index contributed by atoms with van der Waals surface area (Å²) in [5.41, 5.74) is 0. The van der Waals surface area contributed by atoms with E-state index in [0.717, 1.165) is 12.4 Å². The van der Waals surface area contributed by atoms with Gasteiger partial charge in [0.1, 0.15) is 12.9 Å². The summed E-state index contributed by atoms with van der Waals surface area (Å²) >= 11 is 0. The Bertz CT molecular complexity index is 198. The summed E-state index contributed by atoms with van der Waals surface area (Å²) in [5.74, 6) is 0.740. The molecule has 0 aliphatic carbocycles. The molecule has 12 heavy (non-hydrogen) atoms. The second kappa shape index (κ2) is 6.79. The lowest BCUT2D eigenvalue weighted by atomic mass is 10.7. The molecule has 0 fully saturated rings. The van der Waals surface area contributed by atoms with Crippen molar-refractivity contribution >= 4 is 0 Å². The van der Waals surface area contributed by atoms with Crippen LogP contribution in [0, 0.1) is 0 Å². The molecule has 0 spiro atoms. The van der Waals surface area contributed by atoms with Gasteiger partial charge in [-0.05, 0) is 6.92 Å². The molecule has 1 rings (SSSR count). The van der Waals surface area contributed by atoms with Crippen molar-refractivity contribution in [3.63, 3.8) is 0 Å². The molecule has 0 N–H and O–H groups in total. The predicted octanol–water partition coefficient (Wildman–Crippen LogP) is 1.47. The van der Waals surface area contributed by atoms with Crippen molar-refractivity contribution in [1.29, 1.82) is 0 Å². The first-order valence-corrected chi connectivity index (χ1v) is 4.24. The molecule has 0 atom stereocenters. The van der Waals surface area contributed by atoms with Gasteiger partial charge in [-0.2, -0.15) is 5.10 Å². The normalized spacial score (nSPS) is 9.00. The molecule has 0 unspecified atom stereocenters. The van der Waals surface area contributed by atoms with Crippen LogP contribution in [0.1, 0.15) is 26.6 Å². The van der Waals surface area contributed by atoms with Crippen molar-refractivity contribution in [3.05, 3.63) is 12.2 Å². The van der Waals surface area contributed by atoms with Gasteiger partial charge in [-0.1, -0.05) is 13.8 Å². The first kappa shape index (κ1) is 11.1. The Labute approximate surface area is 73.6 Å². The third-order valence-corrected chi connectivity index (χ3v) is 1.18. The van der Waals surface area contributed by atoms with Crippen LogP contribution in [-0.4, -0.2) is 21.9 Å². The minimum absolute atomic E-state index is 0.493. The molecule has 0 bridgehead atoms. The summed E-state index contributed by atoms with van der Waals surface area (Å²) in [5, 5.41) is 4.10. The number of ether oxygens (including phenoxy) is 1. The summed E-state index contributed by atoms with van der Waals surface area (Å²) in [6, 6.07) is 0. The Hall–Kier alpha value is -0.900. The Balaban J connectivity index is 0.000000561. The third-order valence-electron chi connectivity index (χ3n) is 1.18. The van der Waals surface area contributed by atoms with Gasteiger partial charge in [-0.25, -0.2) is 4.98 Å². The van der Waals surface area contributed by atoms with E-state index in [-0.39, 0.29) is 0 Å². The molecule has 0 saturated carbocycles. The summed E-state index contributed by atoms with van der Waals surface area (Å²) in [6.07, 6.45) is 1.70. The minimum Gasteiger partial charge on any atom is -0.377 e. The van der Waals surface area contributed by atoms with Crippen molar-refractivity contribution in [2.45, 2.75) is 33.9 Å². The Morgan fingerprint density at radius 3 is 2.58 bits per heavy atom. The Morgan fingerprint density at radius 2 is 2.17 bits per heavy atom. The van der Waals surface area contributed by atoms with Crippen molar-refractivity contribution in [2.75, 3.05) is 7.11 Å². The lowest BCUT2D eigenvalue weighted by Crippen LogP contribution is -1.96. The number of aryl methyl sites for hydroxylation is 1. The number of rotatable bonds is 3. The van der Waals surface area contributed by atoms with Gasteiger partial charge in [-0.3, -0.25) is 4.68 Å². The Kier molecular flexibility index (Phi) is 6.28. The zero-order valence-corrected chi connectivity index (χ0v) is 8.24. The van der Waals surface area contributed by atoms with Crippen molar-refractivity contribution in [1.82, 2.24) is 14.8 Å². The van der Waals surface area contributed by atoms with Crippen molar-refractivity contribution in [2.24, 2.45) is 0 Å². The van der Waals surface area contributed by atoms with Crippen LogP contribution in [-0.2, 0) is 17.9 Å². The highest BCUT2D eigenvalue weighted by molar-refractivity contribution is 4.77. The first-order valence-electron chi connectivity index (χ1n) is 4.24. The molecular formula is C8H17N3O. The maximum Gasteiger partial charge on any atom is 0.176 e. The largest absolute Gasteiger partial charge is 0.377 e. The molecule has 1 heterocycles. The molecular weight excluding hydrogens is 154 g/mol. The van der Waals surface area contributed by atoms with Crippen molar-refractivity contribution < 1.29 is 4.74 Å².